The second-order valence-corrected chi connectivity index (χ2v) is 2.76. The molecule has 0 fully saturated rings. The van der Waals surface area contributed by atoms with Gasteiger partial charge in [-0.2, -0.15) is 0 Å². The first-order chi connectivity index (χ1) is 6.19. The smallest absolute Gasteiger partial charge is 0.129 e. The van der Waals surface area contributed by atoms with Crippen molar-refractivity contribution in [1.82, 2.24) is 0 Å². The molecule has 1 rings (SSSR count). The van der Waals surface area contributed by atoms with Crippen LogP contribution in [0.1, 0.15) is 16.7 Å². The summed E-state index contributed by atoms with van der Waals surface area (Å²) in [5.41, 5.74) is 1.71. The maximum absolute atomic E-state index is 9.48. The van der Waals surface area contributed by atoms with Crippen molar-refractivity contribution in [2.24, 2.45) is 5.16 Å². The first-order valence-corrected chi connectivity index (χ1v) is 3.79. The van der Waals surface area contributed by atoms with Crippen LogP contribution in [0.2, 0.25) is 0 Å². The monoisotopic (exact) mass is 181 g/mol. The Hall–Kier alpha value is -1.55. The maximum atomic E-state index is 9.48. The van der Waals surface area contributed by atoms with Crippen LogP contribution >= 0.6 is 0 Å². The van der Waals surface area contributed by atoms with Crippen molar-refractivity contribution >= 4 is 6.21 Å². The zero-order valence-corrected chi connectivity index (χ0v) is 7.23. The number of hydrogen-bond acceptors (Lipinski definition) is 4. The van der Waals surface area contributed by atoms with E-state index in [0.29, 0.717) is 11.1 Å². The Balaban J connectivity index is 3.26. The molecule has 1 aromatic rings. The van der Waals surface area contributed by atoms with Gasteiger partial charge >= 0.3 is 0 Å². The minimum atomic E-state index is -0.236. The quantitative estimate of drug-likeness (QED) is 0.362. The molecule has 0 radical (unpaired) electrons. The van der Waals surface area contributed by atoms with Crippen LogP contribution in [0.25, 0.3) is 0 Å². The molecule has 0 aromatic heterocycles. The number of phenols is 1. The minimum absolute atomic E-state index is 0.0501. The third kappa shape index (κ3) is 1.97. The highest BCUT2D eigenvalue weighted by Crippen LogP contribution is 2.22. The minimum Gasteiger partial charge on any atom is -0.507 e. The van der Waals surface area contributed by atoms with E-state index in [1.807, 2.05) is 6.92 Å². The molecule has 0 aliphatic rings. The molecule has 0 aliphatic carbocycles. The number of aliphatic hydroxyl groups excluding tert-OH is 1. The second kappa shape index (κ2) is 3.91. The molecule has 0 aliphatic heterocycles. The lowest BCUT2D eigenvalue weighted by Gasteiger charge is -2.05. The van der Waals surface area contributed by atoms with E-state index in [0.717, 1.165) is 11.8 Å². The van der Waals surface area contributed by atoms with E-state index in [4.69, 9.17) is 10.3 Å². The van der Waals surface area contributed by atoms with Crippen molar-refractivity contribution < 1.29 is 15.4 Å². The summed E-state index contributed by atoms with van der Waals surface area (Å²) in [6, 6.07) is 3.33. The number of aryl methyl sites for hydroxylation is 1. The van der Waals surface area contributed by atoms with Crippen LogP contribution in [0.15, 0.2) is 17.3 Å². The summed E-state index contributed by atoms with van der Waals surface area (Å²) in [6.45, 7) is 1.59. The Morgan fingerprint density at radius 1 is 1.46 bits per heavy atom. The Labute approximate surface area is 75.8 Å². The molecule has 0 amide bonds. The molecular formula is C9H11NO3. The molecule has 0 spiro atoms. The number of hydrogen-bond donors (Lipinski definition) is 3. The van der Waals surface area contributed by atoms with Gasteiger partial charge in [0.25, 0.3) is 0 Å². The summed E-state index contributed by atoms with van der Waals surface area (Å²) >= 11 is 0. The largest absolute Gasteiger partial charge is 0.507 e. The molecule has 3 N–H and O–H groups in total. The summed E-state index contributed by atoms with van der Waals surface area (Å²) in [7, 11) is 0. The maximum Gasteiger partial charge on any atom is 0.129 e. The van der Waals surface area contributed by atoms with Crippen molar-refractivity contribution in [3.05, 3.63) is 28.8 Å². The predicted molar refractivity (Wildman–Crippen MR) is 48.1 cm³/mol. The van der Waals surface area contributed by atoms with Gasteiger partial charge in [-0.25, -0.2) is 0 Å². The normalized spacial score (nSPS) is 10.9. The van der Waals surface area contributed by atoms with E-state index in [1.165, 1.54) is 0 Å². The van der Waals surface area contributed by atoms with Gasteiger partial charge in [0, 0.05) is 11.1 Å². The van der Waals surface area contributed by atoms with Gasteiger partial charge in [-0.3, -0.25) is 0 Å². The summed E-state index contributed by atoms with van der Waals surface area (Å²) < 4.78 is 0. The number of aromatic hydroxyl groups is 1. The highest BCUT2D eigenvalue weighted by atomic mass is 16.4. The summed E-state index contributed by atoms with van der Waals surface area (Å²) in [5.74, 6) is -0.0501. The van der Waals surface area contributed by atoms with Crippen LogP contribution in [0.3, 0.4) is 0 Å². The zero-order valence-electron chi connectivity index (χ0n) is 7.23. The lowest BCUT2D eigenvalue weighted by Crippen LogP contribution is -1.92. The number of oxime groups is 1. The highest BCUT2D eigenvalue weighted by molar-refractivity contribution is 5.84. The molecule has 1 aromatic carbocycles. The lowest BCUT2D eigenvalue weighted by molar-refractivity contribution is 0.275. The van der Waals surface area contributed by atoms with Gasteiger partial charge in [0.05, 0.1) is 12.8 Å². The molecule has 0 heterocycles. The fraction of sp³-hybridized carbons (Fsp3) is 0.222. The van der Waals surface area contributed by atoms with Crippen molar-refractivity contribution in [2.75, 3.05) is 0 Å². The number of aliphatic hydroxyl groups is 1. The Morgan fingerprint density at radius 2 is 2.15 bits per heavy atom. The zero-order chi connectivity index (χ0) is 9.84. The van der Waals surface area contributed by atoms with Crippen molar-refractivity contribution in [3.8, 4) is 5.75 Å². The Bertz CT molecular complexity index is 334. The van der Waals surface area contributed by atoms with Crippen LogP contribution in [0, 0.1) is 6.92 Å². The van der Waals surface area contributed by atoms with Gasteiger partial charge in [0.2, 0.25) is 0 Å². The first-order valence-electron chi connectivity index (χ1n) is 3.79. The number of benzene rings is 1. The van der Waals surface area contributed by atoms with Crippen LogP contribution < -0.4 is 0 Å². The standard InChI is InChI=1S/C9H11NO3/c1-6-2-7(4-10-13)9(12)8(3-6)5-11/h2-4,11-13H,5H2,1H3/b10-4-. The molecule has 4 heteroatoms. The first kappa shape index (κ1) is 9.54. The van der Waals surface area contributed by atoms with Gasteiger partial charge in [-0.1, -0.05) is 11.2 Å². The average molecular weight is 181 g/mol. The molecule has 0 saturated carbocycles. The summed E-state index contributed by atoms with van der Waals surface area (Å²) in [5, 5.41) is 29.5. The third-order valence-corrected chi connectivity index (χ3v) is 1.73. The predicted octanol–water partition coefficient (Wildman–Crippen LogP) is 1.00. The van der Waals surface area contributed by atoms with Crippen molar-refractivity contribution in [2.45, 2.75) is 13.5 Å². The van der Waals surface area contributed by atoms with Gasteiger partial charge in [0.1, 0.15) is 5.75 Å². The lowest BCUT2D eigenvalue weighted by atomic mass is 10.1. The Morgan fingerprint density at radius 3 is 2.69 bits per heavy atom. The van der Waals surface area contributed by atoms with Gasteiger partial charge < -0.3 is 15.4 Å². The molecule has 70 valence electrons. The van der Waals surface area contributed by atoms with E-state index < -0.39 is 0 Å². The molecule has 0 saturated heterocycles. The third-order valence-electron chi connectivity index (χ3n) is 1.73. The summed E-state index contributed by atoms with van der Waals surface area (Å²) in [6.07, 6.45) is 1.13. The summed E-state index contributed by atoms with van der Waals surface area (Å²) in [4.78, 5) is 0. The van der Waals surface area contributed by atoms with Crippen LogP contribution in [0.5, 0.6) is 5.75 Å². The molecule has 13 heavy (non-hydrogen) atoms. The number of nitrogens with zero attached hydrogens (tertiary/aromatic N) is 1. The highest BCUT2D eigenvalue weighted by Gasteiger charge is 2.05. The average Bonchev–Trinajstić information content (AvgIpc) is 2.11. The molecule has 0 atom stereocenters. The molecule has 0 unspecified atom stereocenters. The molecule has 4 nitrogen and oxygen atoms in total. The SMILES string of the molecule is Cc1cc(/C=N\O)c(O)c(CO)c1. The van der Waals surface area contributed by atoms with Gasteiger partial charge in [-0.05, 0) is 18.6 Å². The molecular weight excluding hydrogens is 170 g/mol. The van der Waals surface area contributed by atoms with Gasteiger partial charge in [-0.15, -0.1) is 0 Å². The van der Waals surface area contributed by atoms with E-state index in [1.54, 1.807) is 12.1 Å². The fourth-order valence-electron chi connectivity index (χ4n) is 1.17. The van der Waals surface area contributed by atoms with Crippen LogP contribution in [0.4, 0.5) is 0 Å². The fourth-order valence-corrected chi connectivity index (χ4v) is 1.17. The Kier molecular flexibility index (Phi) is 2.87. The van der Waals surface area contributed by atoms with E-state index in [9.17, 15) is 5.11 Å². The topological polar surface area (TPSA) is 73.1 Å². The second-order valence-electron chi connectivity index (χ2n) is 2.76. The van der Waals surface area contributed by atoms with Crippen molar-refractivity contribution in [3.63, 3.8) is 0 Å². The van der Waals surface area contributed by atoms with E-state index in [-0.39, 0.29) is 12.4 Å². The van der Waals surface area contributed by atoms with Crippen LogP contribution in [-0.4, -0.2) is 21.6 Å². The van der Waals surface area contributed by atoms with Gasteiger partial charge in [0.15, 0.2) is 0 Å². The van der Waals surface area contributed by atoms with Crippen molar-refractivity contribution in [1.29, 1.82) is 0 Å². The van der Waals surface area contributed by atoms with E-state index in [2.05, 4.69) is 5.16 Å². The number of rotatable bonds is 2. The van der Waals surface area contributed by atoms with E-state index >= 15 is 0 Å². The van der Waals surface area contributed by atoms with Crippen LogP contribution in [-0.2, 0) is 6.61 Å². The molecule has 0 bridgehead atoms.